The summed E-state index contributed by atoms with van der Waals surface area (Å²) in [4.78, 5) is 27.8. The van der Waals surface area contributed by atoms with E-state index < -0.39 is 0 Å². The van der Waals surface area contributed by atoms with Crippen LogP contribution in [0.2, 0.25) is 0 Å². The maximum absolute atomic E-state index is 12.9. The Kier molecular flexibility index (Phi) is 4.99. The van der Waals surface area contributed by atoms with Gasteiger partial charge in [0, 0.05) is 22.7 Å². The Morgan fingerprint density at radius 3 is 2.35 bits per heavy atom. The van der Waals surface area contributed by atoms with E-state index in [1.165, 1.54) is 16.2 Å². The fourth-order valence-corrected chi connectivity index (χ4v) is 3.61. The summed E-state index contributed by atoms with van der Waals surface area (Å²) in [5.74, 6) is 0.509. The molecule has 0 spiro atoms. The predicted octanol–water partition coefficient (Wildman–Crippen LogP) is 3.37. The summed E-state index contributed by atoms with van der Waals surface area (Å²) in [6, 6.07) is 8.72. The molecule has 0 unspecified atom stereocenters. The van der Waals surface area contributed by atoms with E-state index in [0.717, 1.165) is 4.88 Å². The average Bonchev–Trinajstić information content (AvgIpc) is 3.21. The van der Waals surface area contributed by atoms with Crippen LogP contribution in [0, 0.1) is 0 Å². The molecule has 0 saturated carbocycles. The number of anilines is 1. The molecular formula is C19H20N2O4S. The van der Waals surface area contributed by atoms with Crippen molar-refractivity contribution in [2.75, 3.05) is 19.5 Å². The van der Waals surface area contributed by atoms with Gasteiger partial charge in [0.25, 0.3) is 11.8 Å². The lowest BCUT2D eigenvalue weighted by Gasteiger charge is -2.19. The first-order chi connectivity index (χ1) is 12.5. The summed E-state index contributed by atoms with van der Waals surface area (Å²) in [6.07, 6.45) is 0. The van der Waals surface area contributed by atoms with Crippen molar-refractivity contribution in [3.8, 4) is 11.5 Å². The summed E-state index contributed by atoms with van der Waals surface area (Å²) in [7, 11) is 3.10. The van der Waals surface area contributed by atoms with Crippen LogP contribution in [-0.4, -0.2) is 37.0 Å². The molecule has 1 N–H and O–H groups in total. The number of rotatable bonds is 6. The van der Waals surface area contributed by atoms with Gasteiger partial charge in [0.05, 0.1) is 19.8 Å². The molecule has 7 heteroatoms. The molecule has 1 aromatic heterocycles. The van der Waals surface area contributed by atoms with E-state index in [1.54, 1.807) is 32.4 Å². The highest BCUT2D eigenvalue weighted by Crippen LogP contribution is 2.35. The summed E-state index contributed by atoms with van der Waals surface area (Å²) >= 11 is 1.43. The lowest BCUT2D eigenvalue weighted by Crippen LogP contribution is -2.38. The molecule has 0 bridgehead atoms. The van der Waals surface area contributed by atoms with Crippen LogP contribution in [-0.2, 0) is 9.59 Å². The molecule has 1 aromatic carbocycles. The third-order valence-corrected chi connectivity index (χ3v) is 4.94. The van der Waals surface area contributed by atoms with Crippen molar-refractivity contribution in [2.45, 2.75) is 19.9 Å². The van der Waals surface area contributed by atoms with Gasteiger partial charge < -0.3 is 14.8 Å². The molecule has 2 heterocycles. The van der Waals surface area contributed by atoms with Crippen LogP contribution < -0.4 is 14.8 Å². The number of benzene rings is 1. The highest BCUT2D eigenvalue weighted by Gasteiger charge is 2.41. The Bertz CT molecular complexity index is 872. The van der Waals surface area contributed by atoms with Gasteiger partial charge in [-0.15, -0.1) is 11.3 Å². The minimum atomic E-state index is -0.330. The third kappa shape index (κ3) is 3.06. The predicted molar refractivity (Wildman–Crippen MR) is 101 cm³/mol. The molecule has 0 radical (unpaired) electrons. The van der Waals surface area contributed by atoms with Gasteiger partial charge in [0.2, 0.25) is 0 Å². The summed E-state index contributed by atoms with van der Waals surface area (Å²) < 4.78 is 10.5. The van der Waals surface area contributed by atoms with Crippen molar-refractivity contribution in [3.63, 3.8) is 0 Å². The van der Waals surface area contributed by atoms with Gasteiger partial charge in [0.1, 0.15) is 5.70 Å². The second kappa shape index (κ2) is 7.21. The average molecular weight is 372 g/mol. The van der Waals surface area contributed by atoms with Gasteiger partial charge in [-0.2, -0.15) is 0 Å². The molecular weight excluding hydrogens is 352 g/mol. The fourth-order valence-electron chi connectivity index (χ4n) is 2.84. The number of imide groups is 1. The van der Waals surface area contributed by atoms with Crippen molar-refractivity contribution in [2.24, 2.45) is 0 Å². The van der Waals surface area contributed by atoms with Crippen LogP contribution in [0.3, 0.4) is 0 Å². The fraction of sp³-hybridized carbons (Fsp3) is 0.263. The first-order valence-corrected chi connectivity index (χ1v) is 9.01. The molecule has 0 aliphatic carbocycles. The van der Waals surface area contributed by atoms with Crippen LogP contribution in [0.1, 0.15) is 18.7 Å². The Morgan fingerprint density at radius 1 is 1.04 bits per heavy atom. The zero-order chi connectivity index (χ0) is 18.8. The van der Waals surface area contributed by atoms with E-state index in [4.69, 9.17) is 9.47 Å². The molecule has 6 nitrogen and oxygen atoms in total. The topological polar surface area (TPSA) is 67.9 Å². The third-order valence-electron chi connectivity index (χ3n) is 4.05. The largest absolute Gasteiger partial charge is 0.493 e. The number of amides is 2. The van der Waals surface area contributed by atoms with Gasteiger partial charge in [-0.25, -0.2) is 0 Å². The summed E-state index contributed by atoms with van der Waals surface area (Å²) in [5.41, 5.74) is 1.31. The maximum Gasteiger partial charge on any atom is 0.278 e. The Morgan fingerprint density at radius 2 is 1.77 bits per heavy atom. The van der Waals surface area contributed by atoms with E-state index in [1.807, 2.05) is 31.4 Å². The first kappa shape index (κ1) is 18.0. The summed E-state index contributed by atoms with van der Waals surface area (Å²) in [5, 5.41) is 4.99. The van der Waals surface area contributed by atoms with Crippen molar-refractivity contribution in [3.05, 3.63) is 46.3 Å². The molecule has 1 aliphatic heterocycles. The Labute approximate surface area is 156 Å². The number of carbonyl (C=O) groups is 2. The van der Waals surface area contributed by atoms with Crippen LogP contribution in [0.5, 0.6) is 11.5 Å². The molecule has 2 aromatic rings. The zero-order valence-corrected chi connectivity index (χ0v) is 15.8. The van der Waals surface area contributed by atoms with Crippen molar-refractivity contribution in [1.82, 2.24) is 4.90 Å². The molecule has 0 atom stereocenters. The number of hydrogen-bond acceptors (Lipinski definition) is 6. The highest BCUT2D eigenvalue weighted by molar-refractivity contribution is 7.11. The number of nitrogens with one attached hydrogen (secondary N) is 1. The van der Waals surface area contributed by atoms with Gasteiger partial charge in [-0.1, -0.05) is 6.07 Å². The number of ether oxygens (including phenoxy) is 2. The number of nitrogens with zero attached hydrogens (tertiary/aromatic N) is 1. The number of methoxy groups -OCH3 is 2. The highest BCUT2D eigenvalue weighted by atomic mass is 32.1. The lowest BCUT2D eigenvalue weighted by atomic mass is 10.1. The van der Waals surface area contributed by atoms with E-state index in [9.17, 15) is 9.59 Å². The molecule has 26 heavy (non-hydrogen) atoms. The van der Waals surface area contributed by atoms with E-state index in [2.05, 4.69) is 5.32 Å². The van der Waals surface area contributed by atoms with Crippen molar-refractivity contribution in [1.29, 1.82) is 0 Å². The minimum Gasteiger partial charge on any atom is -0.493 e. The first-order valence-electron chi connectivity index (χ1n) is 8.13. The second-order valence-corrected chi connectivity index (χ2v) is 6.94. The SMILES string of the molecule is COc1ccc(NC2=C(c3cccs3)C(=O)N(C(C)C)C2=O)cc1OC. The number of thiophene rings is 1. The number of hydrogen-bond donors (Lipinski definition) is 1. The van der Waals surface area contributed by atoms with Gasteiger partial charge in [0.15, 0.2) is 11.5 Å². The van der Waals surface area contributed by atoms with Crippen LogP contribution in [0.25, 0.3) is 5.57 Å². The molecule has 136 valence electrons. The van der Waals surface area contributed by atoms with Crippen LogP contribution in [0.4, 0.5) is 5.69 Å². The molecule has 0 saturated heterocycles. The van der Waals surface area contributed by atoms with Crippen molar-refractivity contribution < 1.29 is 19.1 Å². The van der Waals surface area contributed by atoms with Crippen LogP contribution in [0.15, 0.2) is 41.4 Å². The lowest BCUT2D eigenvalue weighted by molar-refractivity contribution is -0.138. The van der Waals surface area contributed by atoms with E-state index in [0.29, 0.717) is 22.8 Å². The van der Waals surface area contributed by atoms with Crippen molar-refractivity contribution >= 4 is 34.4 Å². The quantitative estimate of drug-likeness (QED) is 0.788. The van der Waals surface area contributed by atoms with Gasteiger partial charge in [-0.3, -0.25) is 14.5 Å². The maximum atomic E-state index is 12.9. The zero-order valence-electron chi connectivity index (χ0n) is 15.0. The second-order valence-electron chi connectivity index (χ2n) is 6.00. The summed E-state index contributed by atoms with van der Waals surface area (Å²) in [6.45, 7) is 3.64. The monoisotopic (exact) mass is 372 g/mol. The van der Waals surface area contributed by atoms with E-state index in [-0.39, 0.29) is 23.6 Å². The van der Waals surface area contributed by atoms with Crippen LogP contribution >= 0.6 is 11.3 Å². The number of carbonyl (C=O) groups excluding carboxylic acids is 2. The van der Waals surface area contributed by atoms with Gasteiger partial charge in [-0.05, 0) is 37.4 Å². The molecule has 0 fully saturated rings. The standard InChI is InChI=1S/C19H20N2O4S/c1-11(2)21-18(22)16(15-6-5-9-26-15)17(19(21)23)20-12-7-8-13(24-3)14(10-12)25-4/h5-11,20H,1-4H3. The van der Waals surface area contributed by atoms with E-state index >= 15 is 0 Å². The Hall–Kier alpha value is -2.80. The minimum absolute atomic E-state index is 0.227. The molecule has 2 amide bonds. The molecule has 3 rings (SSSR count). The van der Waals surface area contributed by atoms with Gasteiger partial charge >= 0.3 is 0 Å². The molecule has 1 aliphatic rings. The Balaban J connectivity index is 2.05. The smallest absolute Gasteiger partial charge is 0.278 e. The normalized spacial score (nSPS) is 14.4.